The first-order valence-electron chi connectivity index (χ1n) is 7.13. The van der Waals surface area contributed by atoms with Gasteiger partial charge in [-0.15, -0.1) is 0 Å². The zero-order chi connectivity index (χ0) is 12.9. The first-order valence-corrected chi connectivity index (χ1v) is 7.13. The fraction of sp³-hybridized carbons (Fsp3) is 0.625. The van der Waals surface area contributed by atoms with Crippen LogP contribution >= 0.6 is 0 Å². The molecule has 3 rings (SSSR count). The molecular formula is C16H22FN. The van der Waals surface area contributed by atoms with E-state index in [1.807, 2.05) is 6.07 Å². The molecule has 0 heterocycles. The van der Waals surface area contributed by atoms with Crippen molar-refractivity contribution in [1.29, 1.82) is 0 Å². The summed E-state index contributed by atoms with van der Waals surface area (Å²) in [6.45, 7) is 7.86. The van der Waals surface area contributed by atoms with Crippen molar-refractivity contribution in [3.05, 3.63) is 35.1 Å². The van der Waals surface area contributed by atoms with Crippen molar-refractivity contribution >= 4 is 0 Å². The topological polar surface area (TPSA) is 12.0 Å². The molecule has 0 saturated heterocycles. The summed E-state index contributed by atoms with van der Waals surface area (Å²) < 4.78 is 13.3. The predicted molar refractivity (Wildman–Crippen MR) is 72.2 cm³/mol. The molecule has 0 aromatic heterocycles. The van der Waals surface area contributed by atoms with E-state index in [0.717, 1.165) is 13.0 Å². The Hall–Kier alpha value is -0.890. The number of hydrogen-bond donors (Lipinski definition) is 1. The highest BCUT2D eigenvalue weighted by Crippen LogP contribution is 2.63. The molecule has 0 bridgehead atoms. The molecule has 1 N–H and O–H groups in total. The Labute approximate surface area is 109 Å². The lowest BCUT2D eigenvalue weighted by molar-refractivity contribution is -0.0171. The quantitative estimate of drug-likeness (QED) is 0.862. The third-order valence-corrected chi connectivity index (χ3v) is 5.36. The second kappa shape index (κ2) is 4.06. The van der Waals surface area contributed by atoms with Gasteiger partial charge in [0, 0.05) is 6.04 Å². The Balaban J connectivity index is 1.97. The van der Waals surface area contributed by atoms with Gasteiger partial charge in [-0.05, 0) is 59.9 Å². The van der Waals surface area contributed by atoms with Gasteiger partial charge in [0.1, 0.15) is 5.82 Å². The Morgan fingerprint density at radius 2 is 2.17 bits per heavy atom. The molecule has 0 aliphatic heterocycles. The van der Waals surface area contributed by atoms with Crippen LogP contribution in [-0.2, 0) is 6.42 Å². The number of rotatable bonds is 3. The Bertz CT molecular complexity index is 470. The minimum Gasteiger partial charge on any atom is -0.313 e. The van der Waals surface area contributed by atoms with Crippen LogP contribution in [0.25, 0.3) is 0 Å². The molecular weight excluding hydrogens is 225 g/mol. The Morgan fingerprint density at radius 1 is 1.39 bits per heavy atom. The van der Waals surface area contributed by atoms with Crippen molar-refractivity contribution in [2.24, 2.45) is 11.3 Å². The lowest BCUT2D eigenvalue weighted by Gasteiger charge is -2.58. The zero-order valence-electron chi connectivity index (χ0n) is 11.5. The minimum atomic E-state index is -0.0896. The summed E-state index contributed by atoms with van der Waals surface area (Å²) in [6, 6.07) is 5.98. The van der Waals surface area contributed by atoms with E-state index in [-0.39, 0.29) is 5.82 Å². The molecule has 4 unspecified atom stereocenters. The van der Waals surface area contributed by atoms with Crippen LogP contribution in [0.4, 0.5) is 4.39 Å². The van der Waals surface area contributed by atoms with Crippen LogP contribution in [0.3, 0.4) is 0 Å². The van der Waals surface area contributed by atoms with Gasteiger partial charge in [-0.25, -0.2) is 4.39 Å². The monoisotopic (exact) mass is 247 g/mol. The highest BCUT2D eigenvalue weighted by Gasteiger charge is 2.60. The molecule has 0 amide bonds. The molecule has 2 aliphatic carbocycles. The minimum absolute atomic E-state index is 0.0896. The molecule has 1 aromatic rings. The van der Waals surface area contributed by atoms with Gasteiger partial charge in [-0.3, -0.25) is 0 Å². The molecule has 2 aliphatic rings. The van der Waals surface area contributed by atoms with Gasteiger partial charge in [-0.1, -0.05) is 26.8 Å². The van der Waals surface area contributed by atoms with Gasteiger partial charge in [0.05, 0.1) is 0 Å². The zero-order valence-corrected chi connectivity index (χ0v) is 11.5. The van der Waals surface area contributed by atoms with Crippen LogP contribution in [0.15, 0.2) is 18.2 Å². The number of nitrogens with one attached hydrogen (secondary N) is 1. The fourth-order valence-corrected chi connectivity index (χ4v) is 4.42. The van der Waals surface area contributed by atoms with E-state index >= 15 is 0 Å². The molecule has 1 saturated carbocycles. The van der Waals surface area contributed by atoms with Crippen LogP contribution in [-0.4, -0.2) is 12.6 Å². The van der Waals surface area contributed by atoms with E-state index in [1.165, 1.54) is 17.5 Å². The van der Waals surface area contributed by atoms with Crippen molar-refractivity contribution in [1.82, 2.24) is 5.32 Å². The van der Waals surface area contributed by atoms with Crippen molar-refractivity contribution in [3.63, 3.8) is 0 Å². The summed E-state index contributed by atoms with van der Waals surface area (Å²) in [4.78, 5) is 0. The van der Waals surface area contributed by atoms with Crippen molar-refractivity contribution in [2.45, 2.75) is 45.6 Å². The maximum absolute atomic E-state index is 13.3. The molecule has 1 fully saturated rings. The van der Waals surface area contributed by atoms with Crippen LogP contribution in [0, 0.1) is 17.2 Å². The third kappa shape index (κ3) is 1.41. The van der Waals surface area contributed by atoms with Crippen LogP contribution in [0.2, 0.25) is 0 Å². The molecule has 4 atom stereocenters. The number of hydrogen-bond acceptors (Lipinski definition) is 1. The van der Waals surface area contributed by atoms with Crippen molar-refractivity contribution in [3.8, 4) is 0 Å². The van der Waals surface area contributed by atoms with Crippen LogP contribution in [0.1, 0.15) is 44.2 Å². The van der Waals surface area contributed by atoms with Crippen LogP contribution < -0.4 is 5.32 Å². The van der Waals surface area contributed by atoms with Gasteiger partial charge in [0.25, 0.3) is 0 Å². The average Bonchev–Trinajstić information content (AvgIpc) is 2.70. The maximum atomic E-state index is 13.3. The van der Waals surface area contributed by atoms with Gasteiger partial charge >= 0.3 is 0 Å². The van der Waals surface area contributed by atoms with Gasteiger partial charge in [-0.2, -0.15) is 0 Å². The highest BCUT2D eigenvalue weighted by atomic mass is 19.1. The first-order chi connectivity index (χ1) is 8.61. The number of benzene rings is 1. The predicted octanol–water partition coefficient (Wildman–Crippen LogP) is 3.49. The van der Waals surface area contributed by atoms with E-state index < -0.39 is 0 Å². The standard InChI is InChI=1S/C16H22FN/c1-4-16(3)14-12-7-6-11(17)8-10(12)9-13(14)15(16)18-5-2/h6-8,13-15,18H,4-5,9H2,1-3H3. The lowest BCUT2D eigenvalue weighted by Crippen LogP contribution is -2.62. The van der Waals surface area contributed by atoms with E-state index in [9.17, 15) is 4.39 Å². The van der Waals surface area contributed by atoms with Gasteiger partial charge < -0.3 is 5.32 Å². The number of halogens is 1. The fourth-order valence-electron chi connectivity index (χ4n) is 4.42. The summed E-state index contributed by atoms with van der Waals surface area (Å²) in [5, 5.41) is 3.65. The Kier molecular flexibility index (Phi) is 2.74. The lowest BCUT2D eigenvalue weighted by atomic mass is 9.50. The SMILES string of the molecule is CCNC1C2Cc3cc(F)ccc3C2C1(C)CC. The van der Waals surface area contributed by atoms with E-state index in [4.69, 9.17) is 0 Å². The first kappa shape index (κ1) is 12.2. The second-order valence-electron chi connectivity index (χ2n) is 6.08. The summed E-state index contributed by atoms with van der Waals surface area (Å²) in [6.07, 6.45) is 2.23. The molecule has 0 spiro atoms. The summed E-state index contributed by atoms with van der Waals surface area (Å²) >= 11 is 0. The van der Waals surface area contributed by atoms with Crippen molar-refractivity contribution in [2.75, 3.05) is 6.54 Å². The highest BCUT2D eigenvalue weighted by molar-refractivity contribution is 5.43. The molecule has 2 heteroatoms. The molecule has 98 valence electrons. The van der Waals surface area contributed by atoms with E-state index in [0.29, 0.717) is 23.3 Å². The maximum Gasteiger partial charge on any atom is 0.123 e. The van der Waals surface area contributed by atoms with E-state index in [2.05, 4.69) is 26.1 Å². The molecule has 1 nitrogen and oxygen atoms in total. The molecule has 0 radical (unpaired) electrons. The van der Waals surface area contributed by atoms with Gasteiger partial charge in [0.15, 0.2) is 0 Å². The molecule has 18 heavy (non-hydrogen) atoms. The summed E-state index contributed by atoms with van der Waals surface area (Å²) in [5.41, 5.74) is 2.98. The van der Waals surface area contributed by atoms with Crippen LogP contribution in [0.5, 0.6) is 0 Å². The second-order valence-corrected chi connectivity index (χ2v) is 6.08. The summed E-state index contributed by atoms with van der Waals surface area (Å²) in [7, 11) is 0. The normalized spacial score (nSPS) is 37.0. The largest absolute Gasteiger partial charge is 0.313 e. The van der Waals surface area contributed by atoms with E-state index in [1.54, 1.807) is 12.1 Å². The number of fused-ring (bicyclic) bond motifs is 3. The average molecular weight is 247 g/mol. The molecule has 1 aromatic carbocycles. The van der Waals surface area contributed by atoms with Gasteiger partial charge in [0.2, 0.25) is 0 Å². The Morgan fingerprint density at radius 3 is 2.83 bits per heavy atom. The summed E-state index contributed by atoms with van der Waals surface area (Å²) in [5.74, 6) is 1.21. The smallest absolute Gasteiger partial charge is 0.123 e. The third-order valence-electron chi connectivity index (χ3n) is 5.36. The van der Waals surface area contributed by atoms with Crippen molar-refractivity contribution < 1.29 is 4.39 Å².